The normalized spacial score (nSPS) is 10.4. The molecule has 0 atom stereocenters. The van der Waals surface area contributed by atoms with Crippen LogP contribution in [-0.2, 0) is 9.59 Å². The van der Waals surface area contributed by atoms with Crippen molar-refractivity contribution >= 4 is 23.3 Å². The van der Waals surface area contributed by atoms with Gasteiger partial charge < -0.3 is 39.7 Å². The molecule has 0 radical (unpaired) electrons. The molecule has 2 rings (SSSR count). The van der Waals surface area contributed by atoms with E-state index in [0.717, 1.165) is 0 Å². The molecule has 10 heteroatoms. The van der Waals surface area contributed by atoms with Crippen LogP contribution >= 0.6 is 0 Å². The molecule has 32 heavy (non-hydrogen) atoms. The smallest absolute Gasteiger partial charge is 0.323 e. The van der Waals surface area contributed by atoms with Crippen molar-refractivity contribution in [2.24, 2.45) is 0 Å². The van der Waals surface area contributed by atoms with Gasteiger partial charge in [0.05, 0.1) is 24.6 Å². The lowest BCUT2D eigenvalue weighted by atomic mass is 10.2. The summed E-state index contributed by atoms with van der Waals surface area (Å²) >= 11 is 0. The standard InChI is InChI=1S/C22H28N2O8/c25-11-9-23(15-21(27)28)17-5-1-3-7-19(17)31-13-14-32-20-8-4-2-6-18(20)24(10-12-26)16-22(29)30/h1-8,25-26H,9-16H2,(H,27,28)(H,29,30). The zero-order valence-electron chi connectivity index (χ0n) is 17.6. The number of hydrogen-bond acceptors (Lipinski definition) is 8. The predicted octanol–water partition coefficient (Wildman–Crippen LogP) is 0.911. The van der Waals surface area contributed by atoms with E-state index in [1.807, 2.05) is 0 Å². The van der Waals surface area contributed by atoms with Gasteiger partial charge >= 0.3 is 11.9 Å². The van der Waals surface area contributed by atoms with Crippen LogP contribution in [0.2, 0.25) is 0 Å². The highest BCUT2D eigenvalue weighted by molar-refractivity contribution is 5.76. The number of hydrogen-bond donors (Lipinski definition) is 4. The molecule has 0 fully saturated rings. The van der Waals surface area contributed by atoms with E-state index >= 15 is 0 Å². The molecular formula is C22H28N2O8. The number of carboxylic acid groups (broad SMARTS) is 2. The van der Waals surface area contributed by atoms with Crippen LogP contribution in [0, 0.1) is 0 Å². The summed E-state index contributed by atoms with van der Waals surface area (Å²) in [7, 11) is 0. The molecule has 0 amide bonds. The van der Waals surface area contributed by atoms with Gasteiger partial charge in [-0.25, -0.2) is 0 Å². The van der Waals surface area contributed by atoms with Crippen LogP contribution in [0.3, 0.4) is 0 Å². The summed E-state index contributed by atoms with van der Waals surface area (Å²) in [6, 6.07) is 13.8. The monoisotopic (exact) mass is 448 g/mol. The van der Waals surface area contributed by atoms with Crippen molar-refractivity contribution in [3.8, 4) is 11.5 Å². The molecule has 174 valence electrons. The Morgan fingerprint density at radius 3 is 1.41 bits per heavy atom. The minimum absolute atomic E-state index is 0.140. The Kier molecular flexibility index (Phi) is 10.1. The van der Waals surface area contributed by atoms with Crippen molar-refractivity contribution < 1.29 is 39.5 Å². The first-order chi connectivity index (χ1) is 15.5. The zero-order chi connectivity index (χ0) is 23.3. The molecule has 0 saturated heterocycles. The summed E-state index contributed by atoms with van der Waals surface area (Å²) in [5.74, 6) is -1.15. The van der Waals surface area contributed by atoms with Crippen LogP contribution in [0.15, 0.2) is 48.5 Å². The number of para-hydroxylation sites is 4. The molecule has 0 saturated carbocycles. The van der Waals surface area contributed by atoms with Gasteiger partial charge in [-0.1, -0.05) is 24.3 Å². The molecule has 0 aliphatic carbocycles. The summed E-state index contributed by atoms with van der Waals surface area (Å²) in [5, 5.41) is 36.8. The van der Waals surface area contributed by atoms with Crippen molar-refractivity contribution in [2.75, 3.05) is 62.4 Å². The van der Waals surface area contributed by atoms with Crippen LogP contribution in [0.1, 0.15) is 0 Å². The topological polar surface area (TPSA) is 140 Å². The van der Waals surface area contributed by atoms with E-state index in [9.17, 15) is 19.8 Å². The van der Waals surface area contributed by atoms with E-state index in [0.29, 0.717) is 22.9 Å². The minimum Gasteiger partial charge on any atom is -0.488 e. The third-order valence-corrected chi connectivity index (χ3v) is 4.40. The SMILES string of the molecule is O=C(O)CN(CCO)c1ccccc1OCCOc1ccccc1N(CCO)CC(=O)O. The second-order valence-corrected chi connectivity index (χ2v) is 6.71. The molecule has 0 unspecified atom stereocenters. The Bertz CT molecular complexity index is 805. The Morgan fingerprint density at radius 2 is 1.06 bits per heavy atom. The summed E-state index contributed by atoms with van der Waals surface area (Å²) < 4.78 is 11.6. The zero-order valence-corrected chi connectivity index (χ0v) is 17.6. The van der Waals surface area contributed by atoms with Gasteiger partial charge in [0.1, 0.15) is 37.8 Å². The van der Waals surface area contributed by atoms with Crippen molar-refractivity contribution in [3.63, 3.8) is 0 Å². The van der Waals surface area contributed by atoms with Gasteiger partial charge in [-0.3, -0.25) is 9.59 Å². The largest absolute Gasteiger partial charge is 0.488 e. The Labute approximate surface area is 185 Å². The first kappa shape index (κ1) is 24.8. The summed E-state index contributed by atoms with van der Waals surface area (Å²) in [5.41, 5.74) is 1.08. The number of rotatable bonds is 15. The van der Waals surface area contributed by atoms with Gasteiger partial charge in [0.15, 0.2) is 0 Å². The molecule has 0 aliphatic rings. The van der Waals surface area contributed by atoms with Gasteiger partial charge in [-0.05, 0) is 24.3 Å². The van der Waals surface area contributed by atoms with E-state index in [1.165, 1.54) is 9.80 Å². The predicted molar refractivity (Wildman–Crippen MR) is 118 cm³/mol. The lowest BCUT2D eigenvalue weighted by Crippen LogP contribution is -2.33. The maximum absolute atomic E-state index is 11.1. The van der Waals surface area contributed by atoms with Crippen molar-refractivity contribution in [1.82, 2.24) is 0 Å². The number of anilines is 2. The Balaban J connectivity index is 2.04. The first-order valence-corrected chi connectivity index (χ1v) is 10.0. The van der Waals surface area contributed by atoms with Gasteiger partial charge in [0, 0.05) is 13.1 Å². The van der Waals surface area contributed by atoms with E-state index in [2.05, 4.69) is 0 Å². The third kappa shape index (κ3) is 7.64. The number of ether oxygens (including phenoxy) is 2. The molecule has 0 spiro atoms. The van der Waals surface area contributed by atoms with E-state index in [4.69, 9.17) is 19.7 Å². The van der Waals surface area contributed by atoms with Gasteiger partial charge in [-0.15, -0.1) is 0 Å². The first-order valence-electron chi connectivity index (χ1n) is 10.0. The molecule has 2 aromatic rings. The summed E-state index contributed by atoms with van der Waals surface area (Å²) in [6.45, 7) is -0.412. The number of carbonyl (C=O) groups is 2. The molecule has 0 aliphatic heterocycles. The lowest BCUT2D eigenvalue weighted by Gasteiger charge is -2.25. The fourth-order valence-electron chi connectivity index (χ4n) is 3.12. The molecular weight excluding hydrogens is 420 g/mol. The van der Waals surface area contributed by atoms with Crippen molar-refractivity contribution in [1.29, 1.82) is 0 Å². The van der Waals surface area contributed by atoms with Crippen molar-refractivity contribution in [2.45, 2.75) is 0 Å². The maximum Gasteiger partial charge on any atom is 0.323 e. The van der Waals surface area contributed by atoms with E-state index in [-0.39, 0.29) is 52.6 Å². The Hall–Kier alpha value is -3.50. The fraction of sp³-hybridized carbons (Fsp3) is 0.364. The second-order valence-electron chi connectivity index (χ2n) is 6.71. The minimum atomic E-state index is -1.03. The molecule has 10 nitrogen and oxygen atoms in total. The number of aliphatic hydroxyl groups excluding tert-OH is 2. The average Bonchev–Trinajstić information content (AvgIpc) is 2.76. The lowest BCUT2D eigenvalue weighted by molar-refractivity contribution is -0.136. The van der Waals surface area contributed by atoms with Crippen molar-refractivity contribution in [3.05, 3.63) is 48.5 Å². The van der Waals surface area contributed by atoms with Crippen LogP contribution < -0.4 is 19.3 Å². The molecule has 0 aromatic heterocycles. The van der Waals surface area contributed by atoms with Gasteiger partial charge in [-0.2, -0.15) is 0 Å². The number of nitrogens with zero attached hydrogens (tertiary/aromatic N) is 2. The number of carboxylic acids is 2. The Morgan fingerprint density at radius 1 is 0.688 bits per heavy atom. The summed E-state index contributed by atoms with van der Waals surface area (Å²) in [6.07, 6.45) is 0. The number of aliphatic carboxylic acids is 2. The van der Waals surface area contributed by atoms with E-state index in [1.54, 1.807) is 48.5 Å². The van der Waals surface area contributed by atoms with Gasteiger partial charge in [0.2, 0.25) is 0 Å². The molecule has 4 N–H and O–H groups in total. The quantitative estimate of drug-likeness (QED) is 0.291. The van der Waals surface area contributed by atoms with Gasteiger partial charge in [0.25, 0.3) is 0 Å². The summed E-state index contributed by atoms with van der Waals surface area (Å²) in [4.78, 5) is 25.3. The molecule has 0 bridgehead atoms. The third-order valence-electron chi connectivity index (χ3n) is 4.40. The number of benzene rings is 2. The highest BCUT2D eigenvalue weighted by atomic mass is 16.5. The maximum atomic E-state index is 11.1. The highest BCUT2D eigenvalue weighted by Crippen LogP contribution is 2.29. The van der Waals surface area contributed by atoms with E-state index < -0.39 is 11.9 Å². The van der Waals surface area contributed by atoms with Crippen LogP contribution in [-0.4, -0.2) is 85.0 Å². The van der Waals surface area contributed by atoms with Crippen LogP contribution in [0.5, 0.6) is 11.5 Å². The number of aliphatic hydroxyl groups is 2. The average molecular weight is 448 g/mol. The second kappa shape index (κ2) is 13.0. The van der Waals surface area contributed by atoms with Crippen LogP contribution in [0.4, 0.5) is 11.4 Å². The fourth-order valence-corrected chi connectivity index (χ4v) is 3.12. The molecule has 2 aromatic carbocycles. The molecule has 0 heterocycles. The highest BCUT2D eigenvalue weighted by Gasteiger charge is 2.16. The van der Waals surface area contributed by atoms with Crippen LogP contribution in [0.25, 0.3) is 0 Å².